The number of thiazole rings is 1. The van der Waals surface area contributed by atoms with Crippen LogP contribution in [0.15, 0.2) is 29.8 Å². The summed E-state index contributed by atoms with van der Waals surface area (Å²) in [4.78, 5) is 57.2. The number of hydrogen-bond acceptors (Lipinski definition) is 7. The van der Waals surface area contributed by atoms with Gasteiger partial charge in [-0.1, -0.05) is 45.0 Å². The predicted molar refractivity (Wildman–Crippen MR) is 155 cm³/mol. The highest BCUT2D eigenvalue weighted by Crippen LogP contribution is 2.28. The lowest BCUT2D eigenvalue weighted by atomic mass is 9.85. The summed E-state index contributed by atoms with van der Waals surface area (Å²) in [5.74, 6) is -1.08. The molecule has 9 nitrogen and oxygen atoms in total. The van der Waals surface area contributed by atoms with E-state index >= 15 is 0 Å². The highest BCUT2D eigenvalue weighted by molar-refractivity contribution is 14.1. The van der Waals surface area contributed by atoms with Crippen molar-refractivity contribution in [2.75, 3.05) is 6.54 Å². The number of β-amino-alcohol motifs (C(OH)–C–C–N with tert-alkyl or cyclic N) is 1. The van der Waals surface area contributed by atoms with Gasteiger partial charge in [-0.25, -0.2) is 4.98 Å². The third-order valence-corrected chi connectivity index (χ3v) is 8.01. The van der Waals surface area contributed by atoms with Crippen LogP contribution in [-0.2, 0) is 25.7 Å². The molecular weight excluding hydrogens is 619 g/mol. The second-order valence-corrected chi connectivity index (χ2v) is 12.7. The van der Waals surface area contributed by atoms with Crippen molar-refractivity contribution in [3.8, 4) is 10.4 Å². The molecule has 1 saturated heterocycles. The van der Waals surface area contributed by atoms with Gasteiger partial charge in [0.2, 0.25) is 17.7 Å². The van der Waals surface area contributed by atoms with Gasteiger partial charge in [-0.15, -0.1) is 11.3 Å². The van der Waals surface area contributed by atoms with Gasteiger partial charge in [0.25, 0.3) is 0 Å². The van der Waals surface area contributed by atoms with E-state index in [0.29, 0.717) is 6.42 Å². The summed E-state index contributed by atoms with van der Waals surface area (Å²) in [6, 6.07) is 6.15. The molecule has 3 amide bonds. The number of aliphatic hydroxyl groups is 1. The van der Waals surface area contributed by atoms with Gasteiger partial charge in [-0.05, 0) is 52.5 Å². The summed E-state index contributed by atoms with van der Waals surface area (Å²) in [6.45, 7) is 7.78. The van der Waals surface area contributed by atoms with Gasteiger partial charge >= 0.3 is 0 Å². The van der Waals surface area contributed by atoms with Crippen LogP contribution in [-0.4, -0.2) is 61.2 Å². The molecule has 1 aromatic heterocycles. The summed E-state index contributed by atoms with van der Waals surface area (Å²) in [7, 11) is 0. The first-order valence-corrected chi connectivity index (χ1v) is 14.6. The lowest BCUT2D eigenvalue weighted by Crippen LogP contribution is -2.57. The van der Waals surface area contributed by atoms with Crippen molar-refractivity contribution in [3.63, 3.8) is 0 Å². The molecule has 38 heavy (non-hydrogen) atoms. The zero-order chi connectivity index (χ0) is 28.0. The maximum absolute atomic E-state index is 13.6. The van der Waals surface area contributed by atoms with Gasteiger partial charge in [-0.2, -0.15) is 0 Å². The van der Waals surface area contributed by atoms with Crippen molar-refractivity contribution in [3.05, 3.63) is 41.0 Å². The Morgan fingerprint density at radius 2 is 1.87 bits per heavy atom. The number of aryl methyl sites for hydroxylation is 1. The molecular formula is C27H35IN4O5S. The smallest absolute Gasteiger partial charge is 0.246 e. The van der Waals surface area contributed by atoms with E-state index in [1.54, 1.807) is 33.9 Å². The summed E-state index contributed by atoms with van der Waals surface area (Å²) in [5.41, 5.74) is 4.13. The van der Waals surface area contributed by atoms with Crippen LogP contribution in [0.2, 0.25) is 0 Å². The highest BCUT2D eigenvalue weighted by atomic mass is 127. The van der Waals surface area contributed by atoms with Gasteiger partial charge in [0, 0.05) is 32.4 Å². The Kier molecular flexibility index (Phi) is 10.4. The number of amides is 3. The van der Waals surface area contributed by atoms with Crippen LogP contribution in [0.25, 0.3) is 10.4 Å². The van der Waals surface area contributed by atoms with Crippen molar-refractivity contribution in [1.82, 2.24) is 20.5 Å². The SMILES string of the molecule is Cc1ncsc1-c1ccc(CNC(=O)[C@@H]2C[C@@H](O)CN2C(=O)[C@@H](NC(=O)CCCC(=O)I)C(C)(C)C)cc1. The highest BCUT2D eigenvalue weighted by Gasteiger charge is 2.44. The second kappa shape index (κ2) is 13.1. The molecule has 3 atom stereocenters. The van der Waals surface area contributed by atoms with Gasteiger partial charge in [0.05, 0.1) is 22.2 Å². The van der Waals surface area contributed by atoms with Crippen LogP contribution >= 0.6 is 33.9 Å². The van der Waals surface area contributed by atoms with Crippen molar-refractivity contribution in [2.45, 2.75) is 78.1 Å². The first-order chi connectivity index (χ1) is 17.9. The maximum Gasteiger partial charge on any atom is 0.246 e. The quantitative estimate of drug-likeness (QED) is 0.267. The van der Waals surface area contributed by atoms with Gasteiger partial charge in [-0.3, -0.25) is 19.2 Å². The molecule has 1 aromatic carbocycles. The lowest BCUT2D eigenvalue weighted by molar-refractivity contribution is -0.144. The van der Waals surface area contributed by atoms with E-state index in [2.05, 4.69) is 15.6 Å². The van der Waals surface area contributed by atoms with Crippen LogP contribution in [0.5, 0.6) is 0 Å². The number of carbonyl (C=O) groups excluding carboxylic acids is 4. The van der Waals surface area contributed by atoms with E-state index in [-0.39, 0.29) is 48.0 Å². The summed E-state index contributed by atoms with van der Waals surface area (Å²) in [6.07, 6.45) is 0.113. The van der Waals surface area contributed by atoms with Crippen LogP contribution in [0, 0.1) is 12.3 Å². The number of benzene rings is 1. The molecule has 1 aliphatic rings. The molecule has 1 fully saturated rings. The minimum atomic E-state index is -0.881. The number of carbonyl (C=O) groups is 4. The Morgan fingerprint density at radius 3 is 2.45 bits per heavy atom. The zero-order valence-corrected chi connectivity index (χ0v) is 25.1. The Balaban J connectivity index is 1.64. The number of halogens is 1. The Labute approximate surface area is 240 Å². The fourth-order valence-corrected chi connectivity index (χ4v) is 5.59. The van der Waals surface area contributed by atoms with E-state index < -0.39 is 29.5 Å². The molecule has 0 unspecified atom stereocenters. The summed E-state index contributed by atoms with van der Waals surface area (Å²) >= 11 is 3.27. The lowest BCUT2D eigenvalue weighted by Gasteiger charge is -2.35. The number of nitrogens with one attached hydrogen (secondary N) is 2. The monoisotopic (exact) mass is 654 g/mol. The summed E-state index contributed by atoms with van der Waals surface area (Å²) in [5, 5.41) is 16.0. The molecule has 0 spiro atoms. The molecule has 3 rings (SSSR count). The minimum Gasteiger partial charge on any atom is -0.391 e. The van der Waals surface area contributed by atoms with Gasteiger partial charge in [0.1, 0.15) is 12.1 Å². The number of aliphatic hydroxyl groups excluding tert-OH is 1. The first-order valence-electron chi connectivity index (χ1n) is 12.6. The number of likely N-dealkylation sites (tertiary alicyclic amines) is 1. The van der Waals surface area contributed by atoms with E-state index in [9.17, 15) is 24.3 Å². The topological polar surface area (TPSA) is 129 Å². The van der Waals surface area contributed by atoms with Crippen LogP contribution in [0.3, 0.4) is 0 Å². The number of rotatable bonds is 10. The molecule has 206 valence electrons. The average molecular weight is 655 g/mol. The summed E-state index contributed by atoms with van der Waals surface area (Å²) < 4.78 is -0.0235. The largest absolute Gasteiger partial charge is 0.391 e. The Morgan fingerprint density at radius 1 is 1.18 bits per heavy atom. The number of aromatic nitrogens is 1. The maximum atomic E-state index is 13.6. The Bertz CT molecular complexity index is 1160. The van der Waals surface area contributed by atoms with E-state index in [1.807, 2.05) is 57.5 Å². The second-order valence-electron chi connectivity index (χ2n) is 10.7. The van der Waals surface area contributed by atoms with Crippen molar-refractivity contribution >= 4 is 55.4 Å². The number of hydrogen-bond donors (Lipinski definition) is 3. The molecule has 1 aliphatic heterocycles. The number of nitrogens with zero attached hydrogens (tertiary/aromatic N) is 2. The zero-order valence-electron chi connectivity index (χ0n) is 22.1. The molecule has 3 N–H and O–H groups in total. The van der Waals surface area contributed by atoms with Crippen molar-refractivity contribution in [2.24, 2.45) is 5.41 Å². The normalized spacial score (nSPS) is 18.2. The van der Waals surface area contributed by atoms with E-state index in [4.69, 9.17) is 0 Å². The predicted octanol–water partition coefficient (Wildman–Crippen LogP) is 3.36. The van der Waals surface area contributed by atoms with Crippen LogP contribution < -0.4 is 10.6 Å². The van der Waals surface area contributed by atoms with Gasteiger partial charge in [0.15, 0.2) is 3.79 Å². The molecule has 0 bridgehead atoms. The van der Waals surface area contributed by atoms with Gasteiger partial charge < -0.3 is 20.6 Å². The first kappa shape index (κ1) is 30.2. The third-order valence-electron chi connectivity index (χ3n) is 6.49. The van der Waals surface area contributed by atoms with Crippen LogP contribution in [0.1, 0.15) is 57.7 Å². The van der Waals surface area contributed by atoms with Crippen molar-refractivity contribution < 1.29 is 24.3 Å². The van der Waals surface area contributed by atoms with E-state index in [1.165, 1.54) is 4.90 Å². The molecule has 11 heteroatoms. The third kappa shape index (κ3) is 8.06. The molecule has 2 heterocycles. The van der Waals surface area contributed by atoms with Crippen LogP contribution in [0.4, 0.5) is 0 Å². The standard InChI is InChI=1S/C27H35IN4O5S/c1-16-23(38-15-30-16)18-10-8-17(9-11-18)13-29-25(36)20-12-19(33)14-32(20)26(37)24(27(2,3)4)31-22(35)7-5-6-21(28)34/h8-11,15,19-20,24,33H,5-7,12-14H2,1-4H3,(H,29,36)(H,31,35)/t19-,20+,24-/m1/s1. The molecule has 0 saturated carbocycles. The fraction of sp³-hybridized carbons (Fsp3) is 0.519. The Hall–Kier alpha value is -2.38. The average Bonchev–Trinajstić information content (AvgIpc) is 3.45. The molecule has 0 radical (unpaired) electrons. The fourth-order valence-electron chi connectivity index (χ4n) is 4.40. The van der Waals surface area contributed by atoms with E-state index in [0.717, 1.165) is 21.7 Å². The van der Waals surface area contributed by atoms with Crippen molar-refractivity contribution in [1.29, 1.82) is 0 Å². The molecule has 2 aromatic rings. The molecule has 0 aliphatic carbocycles. The minimum absolute atomic E-state index is 0.0194.